The van der Waals surface area contributed by atoms with Crippen LogP contribution in [-0.4, -0.2) is 4.98 Å². The molecule has 86 valence electrons. The van der Waals surface area contributed by atoms with Gasteiger partial charge in [0.1, 0.15) is 4.70 Å². The summed E-state index contributed by atoms with van der Waals surface area (Å²) in [4.78, 5) is 14.9. The molecule has 0 saturated carbocycles. The Balaban J connectivity index is 2.74. The van der Waals surface area contributed by atoms with Crippen molar-refractivity contribution in [3.05, 3.63) is 43.5 Å². The summed E-state index contributed by atoms with van der Waals surface area (Å²) in [6.07, 6.45) is 0. The van der Waals surface area contributed by atoms with Crippen LogP contribution in [0.3, 0.4) is 0 Å². The standard InChI is InChI=1S/C13H10BrNOS/c1-6-5-7(2)11-9(10(6)14)8-3-4-17-12(8)13(16)15-11/h3-5H,1-2H3,(H,15,16). The van der Waals surface area contributed by atoms with Gasteiger partial charge < -0.3 is 4.98 Å². The first-order valence-electron chi connectivity index (χ1n) is 5.28. The summed E-state index contributed by atoms with van der Waals surface area (Å²) in [5.74, 6) is 0. The first-order valence-corrected chi connectivity index (χ1v) is 6.95. The van der Waals surface area contributed by atoms with Crippen LogP contribution in [0.4, 0.5) is 0 Å². The van der Waals surface area contributed by atoms with E-state index < -0.39 is 0 Å². The van der Waals surface area contributed by atoms with E-state index in [9.17, 15) is 4.79 Å². The quantitative estimate of drug-likeness (QED) is 0.666. The lowest BCUT2D eigenvalue weighted by molar-refractivity contribution is 1.30. The molecular weight excluding hydrogens is 298 g/mol. The maximum absolute atomic E-state index is 11.9. The summed E-state index contributed by atoms with van der Waals surface area (Å²) in [6, 6.07) is 4.10. The Bertz CT molecular complexity index is 800. The van der Waals surface area contributed by atoms with Crippen molar-refractivity contribution in [1.82, 2.24) is 4.98 Å². The summed E-state index contributed by atoms with van der Waals surface area (Å²) in [5, 5.41) is 4.11. The Morgan fingerprint density at radius 3 is 2.82 bits per heavy atom. The van der Waals surface area contributed by atoms with Crippen LogP contribution in [-0.2, 0) is 0 Å². The highest BCUT2D eigenvalue weighted by Gasteiger charge is 2.12. The van der Waals surface area contributed by atoms with Gasteiger partial charge in [-0.1, -0.05) is 6.07 Å². The summed E-state index contributed by atoms with van der Waals surface area (Å²) in [5.41, 5.74) is 3.22. The van der Waals surface area contributed by atoms with E-state index in [1.54, 1.807) is 0 Å². The minimum atomic E-state index is 0.00125. The zero-order chi connectivity index (χ0) is 12.2. The van der Waals surface area contributed by atoms with E-state index in [4.69, 9.17) is 0 Å². The normalized spacial score (nSPS) is 11.5. The van der Waals surface area contributed by atoms with Crippen LogP contribution in [0, 0.1) is 13.8 Å². The number of pyridine rings is 1. The van der Waals surface area contributed by atoms with Crippen LogP contribution in [0.1, 0.15) is 11.1 Å². The second-order valence-electron chi connectivity index (χ2n) is 4.19. The van der Waals surface area contributed by atoms with Gasteiger partial charge in [0.15, 0.2) is 0 Å². The number of H-pyrrole nitrogens is 1. The second kappa shape index (κ2) is 3.68. The minimum Gasteiger partial charge on any atom is -0.320 e. The van der Waals surface area contributed by atoms with Crippen molar-refractivity contribution in [3.8, 4) is 0 Å². The average Bonchev–Trinajstić information content (AvgIpc) is 2.75. The number of aryl methyl sites for hydroxylation is 2. The van der Waals surface area contributed by atoms with Crippen LogP contribution >= 0.6 is 27.3 Å². The third-order valence-electron chi connectivity index (χ3n) is 3.02. The molecule has 0 spiro atoms. The molecule has 0 atom stereocenters. The van der Waals surface area contributed by atoms with E-state index in [0.717, 1.165) is 31.0 Å². The number of fused-ring (bicyclic) bond motifs is 3. The summed E-state index contributed by atoms with van der Waals surface area (Å²) < 4.78 is 1.86. The van der Waals surface area contributed by atoms with Gasteiger partial charge in [-0.05, 0) is 52.4 Å². The third-order valence-corrected chi connectivity index (χ3v) is 4.96. The fraction of sp³-hybridized carbons (Fsp3) is 0.154. The van der Waals surface area contributed by atoms with Crippen molar-refractivity contribution in [2.24, 2.45) is 0 Å². The molecule has 0 saturated heterocycles. The molecule has 3 aromatic rings. The smallest absolute Gasteiger partial charge is 0.266 e. The SMILES string of the molecule is Cc1cc(C)c2[nH]c(=O)c3sccc3c2c1Br. The average molecular weight is 308 g/mol. The maximum atomic E-state index is 11.9. The first-order chi connectivity index (χ1) is 8.09. The largest absolute Gasteiger partial charge is 0.320 e. The van der Waals surface area contributed by atoms with Crippen molar-refractivity contribution in [3.63, 3.8) is 0 Å². The number of aromatic nitrogens is 1. The molecule has 1 aromatic carbocycles. The number of rotatable bonds is 0. The lowest BCUT2D eigenvalue weighted by atomic mass is 10.0. The van der Waals surface area contributed by atoms with Crippen LogP contribution < -0.4 is 5.56 Å². The molecular formula is C13H10BrNOS. The molecule has 0 amide bonds. The van der Waals surface area contributed by atoms with E-state index in [2.05, 4.69) is 33.9 Å². The number of hydrogen-bond acceptors (Lipinski definition) is 2. The zero-order valence-corrected chi connectivity index (χ0v) is 11.8. The highest BCUT2D eigenvalue weighted by atomic mass is 79.9. The van der Waals surface area contributed by atoms with E-state index in [1.165, 1.54) is 16.9 Å². The number of benzene rings is 1. The van der Waals surface area contributed by atoms with Crippen LogP contribution in [0.25, 0.3) is 21.0 Å². The number of thiophene rings is 1. The van der Waals surface area contributed by atoms with Gasteiger partial charge in [0, 0.05) is 15.2 Å². The molecule has 0 unspecified atom stereocenters. The van der Waals surface area contributed by atoms with Gasteiger partial charge in [-0.25, -0.2) is 0 Å². The Kier molecular flexibility index (Phi) is 2.38. The third kappa shape index (κ3) is 1.47. The second-order valence-corrected chi connectivity index (χ2v) is 5.90. The van der Waals surface area contributed by atoms with Gasteiger partial charge in [-0.15, -0.1) is 11.3 Å². The van der Waals surface area contributed by atoms with E-state index in [-0.39, 0.29) is 5.56 Å². The predicted molar refractivity (Wildman–Crippen MR) is 77.1 cm³/mol. The number of hydrogen-bond donors (Lipinski definition) is 1. The Hall–Kier alpha value is -1.13. The molecule has 2 heterocycles. The van der Waals surface area contributed by atoms with Gasteiger partial charge in [-0.3, -0.25) is 4.79 Å². The highest BCUT2D eigenvalue weighted by Crippen LogP contribution is 2.34. The van der Waals surface area contributed by atoms with Gasteiger partial charge in [-0.2, -0.15) is 0 Å². The lowest BCUT2D eigenvalue weighted by Gasteiger charge is -2.08. The van der Waals surface area contributed by atoms with E-state index in [0.29, 0.717) is 0 Å². The van der Waals surface area contributed by atoms with Crippen molar-refractivity contribution in [1.29, 1.82) is 0 Å². The van der Waals surface area contributed by atoms with Gasteiger partial charge in [0.25, 0.3) is 5.56 Å². The van der Waals surface area contributed by atoms with Crippen LogP contribution in [0.15, 0.2) is 26.8 Å². The van der Waals surface area contributed by atoms with Crippen LogP contribution in [0.2, 0.25) is 0 Å². The van der Waals surface area contributed by atoms with E-state index in [1.807, 2.05) is 18.4 Å². The molecule has 4 heteroatoms. The number of aromatic amines is 1. The summed E-state index contributed by atoms with van der Waals surface area (Å²) >= 11 is 5.11. The van der Waals surface area contributed by atoms with Crippen LogP contribution in [0.5, 0.6) is 0 Å². The van der Waals surface area contributed by atoms with E-state index >= 15 is 0 Å². The number of halogens is 1. The molecule has 17 heavy (non-hydrogen) atoms. The molecule has 0 aliphatic rings. The maximum Gasteiger partial charge on any atom is 0.266 e. The molecule has 2 nitrogen and oxygen atoms in total. The monoisotopic (exact) mass is 307 g/mol. The Labute approximate surface area is 110 Å². The first kappa shape index (κ1) is 11.0. The highest BCUT2D eigenvalue weighted by molar-refractivity contribution is 9.10. The molecule has 2 aromatic heterocycles. The molecule has 1 N–H and O–H groups in total. The Morgan fingerprint density at radius 2 is 2.06 bits per heavy atom. The Morgan fingerprint density at radius 1 is 1.29 bits per heavy atom. The topological polar surface area (TPSA) is 32.9 Å². The zero-order valence-electron chi connectivity index (χ0n) is 9.43. The predicted octanol–water partition coefficient (Wildman–Crippen LogP) is 4.12. The molecule has 0 aliphatic heterocycles. The fourth-order valence-corrected chi connectivity index (χ4v) is 3.55. The molecule has 0 radical (unpaired) electrons. The lowest BCUT2D eigenvalue weighted by Crippen LogP contribution is -2.05. The fourth-order valence-electron chi connectivity index (χ4n) is 2.23. The molecule has 0 aliphatic carbocycles. The molecule has 3 rings (SSSR count). The molecule has 0 bridgehead atoms. The van der Waals surface area contributed by atoms with Crippen molar-refractivity contribution >= 4 is 48.3 Å². The van der Waals surface area contributed by atoms with Gasteiger partial charge in [0.2, 0.25) is 0 Å². The van der Waals surface area contributed by atoms with Gasteiger partial charge >= 0.3 is 0 Å². The summed E-state index contributed by atoms with van der Waals surface area (Å²) in [7, 11) is 0. The van der Waals surface area contributed by atoms with Gasteiger partial charge in [0.05, 0.1) is 5.52 Å². The van der Waals surface area contributed by atoms with Crippen molar-refractivity contribution in [2.45, 2.75) is 13.8 Å². The summed E-state index contributed by atoms with van der Waals surface area (Å²) in [6.45, 7) is 4.09. The van der Waals surface area contributed by atoms with Crippen molar-refractivity contribution < 1.29 is 0 Å². The number of nitrogens with one attached hydrogen (secondary N) is 1. The molecule has 0 fully saturated rings. The minimum absolute atomic E-state index is 0.00125. The van der Waals surface area contributed by atoms with Crippen molar-refractivity contribution in [2.75, 3.05) is 0 Å².